The van der Waals surface area contributed by atoms with Gasteiger partial charge < -0.3 is 14.7 Å². The average Bonchev–Trinajstić information content (AvgIpc) is 3.26. The van der Waals surface area contributed by atoms with E-state index in [2.05, 4.69) is 15.3 Å². The van der Waals surface area contributed by atoms with Crippen molar-refractivity contribution in [3.63, 3.8) is 0 Å². The maximum atomic E-state index is 13.9. The van der Waals surface area contributed by atoms with Crippen molar-refractivity contribution in [2.24, 2.45) is 0 Å². The summed E-state index contributed by atoms with van der Waals surface area (Å²) in [5.74, 6) is -1.23. The van der Waals surface area contributed by atoms with Crippen molar-refractivity contribution in [1.29, 1.82) is 0 Å². The van der Waals surface area contributed by atoms with Gasteiger partial charge in [0.1, 0.15) is 23.7 Å². The molecule has 0 atom stereocenters. The Labute approximate surface area is 140 Å². The molecule has 25 heavy (non-hydrogen) atoms. The second-order valence-corrected chi connectivity index (χ2v) is 5.41. The van der Waals surface area contributed by atoms with Gasteiger partial charge in [-0.05, 0) is 42.5 Å². The second-order valence-electron chi connectivity index (χ2n) is 5.41. The quantitative estimate of drug-likeness (QED) is 0.583. The van der Waals surface area contributed by atoms with E-state index in [1.54, 1.807) is 24.3 Å². The second kappa shape index (κ2) is 5.86. The Kier molecular flexibility index (Phi) is 3.53. The number of carbonyl (C=O) groups excluding carboxylic acids is 1. The van der Waals surface area contributed by atoms with Gasteiger partial charge in [-0.1, -0.05) is 0 Å². The van der Waals surface area contributed by atoms with Crippen LogP contribution in [0.3, 0.4) is 0 Å². The monoisotopic (exact) mass is 339 g/mol. The molecule has 2 N–H and O–H groups in total. The van der Waals surface area contributed by atoms with Crippen LogP contribution in [-0.2, 0) is 0 Å². The molecule has 4 rings (SSSR count). The third kappa shape index (κ3) is 2.87. The first kappa shape index (κ1) is 15.1. The van der Waals surface area contributed by atoms with Crippen molar-refractivity contribution >= 4 is 22.6 Å². The van der Waals surface area contributed by atoms with E-state index in [-0.39, 0.29) is 17.3 Å². The minimum atomic E-state index is -0.575. The maximum absolute atomic E-state index is 13.9. The number of hydrogen-bond donors (Lipinski definition) is 2. The molecule has 1 amide bonds. The summed E-state index contributed by atoms with van der Waals surface area (Å²) in [4.78, 5) is 19.2. The van der Waals surface area contributed by atoms with Crippen LogP contribution in [0.1, 0.15) is 10.4 Å². The number of fused-ring (bicyclic) bond motifs is 1. The summed E-state index contributed by atoms with van der Waals surface area (Å²) in [6.45, 7) is 0. The van der Waals surface area contributed by atoms with Crippen LogP contribution >= 0.6 is 0 Å². The molecular weight excluding hydrogens is 328 g/mol. The zero-order valence-corrected chi connectivity index (χ0v) is 12.7. The number of hydrogen-bond acceptors (Lipinski definition) is 3. The molecule has 2 aromatic heterocycles. The van der Waals surface area contributed by atoms with E-state index in [1.165, 1.54) is 12.5 Å². The van der Waals surface area contributed by atoms with Gasteiger partial charge in [0.05, 0.1) is 28.4 Å². The fraction of sp³-hybridized carbons (Fsp3) is 0. The lowest BCUT2D eigenvalue weighted by molar-refractivity contribution is 0.102. The third-order valence-electron chi connectivity index (χ3n) is 3.71. The number of halogens is 2. The van der Waals surface area contributed by atoms with Crippen molar-refractivity contribution in [3.8, 4) is 11.4 Å². The van der Waals surface area contributed by atoms with E-state index in [4.69, 9.17) is 4.42 Å². The number of aromatic nitrogens is 2. The zero-order valence-electron chi connectivity index (χ0n) is 12.7. The molecule has 0 aliphatic rings. The molecule has 0 radical (unpaired) electrons. The van der Waals surface area contributed by atoms with E-state index >= 15 is 0 Å². The zero-order chi connectivity index (χ0) is 17.4. The van der Waals surface area contributed by atoms with Crippen LogP contribution in [0.15, 0.2) is 59.4 Å². The SMILES string of the molecule is O=C(Nc1ccc2nc(-c3cc(F)ccc3F)[nH]c2c1)c1ccoc1. The van der Waals surface area contributed by atoms with Crippen LogP contribution in [-0.4, -0.2) is 15.9 Å². The van der Waals surface area contributed by atoms with Gasteiger partial charge in [-0.2, -0.15) is 0 Å². The molecule has 2 heterocycles. The molecule has 0 unspecified atom stereocenters. The highest BCUT2D eigenvalue weighted by molar-refractivity contribution is 6.04. The molecule has 0 spiro atoms. The summed E-state index contributed by atoms with van der Waals surface area (Å²) in [6.07, 6.45) is 2.75. The summed E-state index contributed by atoms with van der Waals surface area (Å²) in [5.41, 5.74) is 2.13. The third-order valence-corrected chi connectivity index (χ3v) is 3.71. The van der Waals surface area contributed by atoms with Crippen molar-refractivity contribution in [1.82, 2.24) is 9.97 Å². The Morgan fingerprint density at radius 1 is 1.12 bits per heavy atom. The van der Waals surface area contributed by atoms with Gasteiger partial charge in [-0.15, -0.1) is 0 Å². The number of amides is 1. The van der Waals surface area contributed by atoms with Crippen LogP contribution in [0.4, 0.5) is 14.5 Å². The molecule has 2 aromatic carbocycles. The first-order valence-electron chi connectivity index (χ1n) is 7.39. The van der Waals surface area contributed by atoms with Crippen molar-refractivity contribution < 1.29 is 18.0 Å². The Bertz CT molecular complexity index is 1070. The molecule has 0 saturated heterocycles. The number of imidazole rings is 1. The Balaban J connectivity index is 1.68. The van der Waals surface area contributed by atoms with Gasteiger partial charge in [0.2, 0.25) is 0 Å². The Hall–Kier alpha value is -3.48. The number of carbonyl (C=O) groups is 1. The predicted octanol–water partition coefficient (Wildman–Crippen LogP) is 4.35. The number of furan rings is 1. The number of anilines is 1. The maximum Gasteiger partial charge on any atom is 0.258 e. The molecule has 0 bridgehead atoms. The molecule has 0 fully saturated rings. The molecule has 0 aliphatic heterocycles. The first-order chi connectivity index (χ1) is 12.1. The molecular formula is C18H11F2N3O2. The smallest absolute Gasteiger partial charge is 0.258 e. The number of aromatic amines is 1. The van der Waals surface area contributed by atoms with Gasteiger partial charge in [0.15, 0.2) is 0 Å². The molecule has 7 heteroatoms. The van der Waals surface area contributed by atoms with Gasteiger partial charge >= 0.3 is 0 Å². The van der Waals surface area contributed by atoms with Crippen LogP contribution < -0.4 is 5.32 Å². The highest BCUT2D eigenvalue weighted by Gasteiger charge is 2.13. The summed E-state index contributed by atoms with van der Waals surface area (Å²) < 4.78 is 32.1. The lowest BCUT2D eigenvalue weighted by Crippen LogP contribution is -2.10. The fourth-order valence-electron chi connectivity index (χ4n) is 2.49. The summed E-state index contributed by atoms with van der Waals surface area (Å²) in [5, 5.41) is 2.73. The van der Waals surface area contributed by atoms with Crippen LogP contribution in [0.5, 0.6) is 0 Å². The predicted molar refractivity (Wildman–Crippen MR) is 88.1 cm³/mol. The minimum absolute atomic E-state index is 0.0418. The largest absolute Gasteiger partial charge is 0.472 e. The minimum Gasteiger partial charge on any atom is -0.472 e. The summed E-state index contributed by atoms with van der Waals surface area (Å²) in [6, 6.07) is 9.74. The average molecular weight is 339 g/mol. The fourth-order valence-corrected chi connectivity index (χ4v) is 2.49. The first-order valence-corrected chi connectivity index (χ1v) is 7.39. The van der Waals surface area contributed by atoms with Gasteiger partial charge in [-0.25, -0.2) is 13.8 Å². The summed E-state index contributed by atoms with van der Waals surface area (Å²) >= 11 is 0. The number of H-pyrrole nitrogens is 1. The highest BCUT2D eigenvalue weighted by atomic mass is 19.1. The topological polar surface area (TPSA) is 70.9 Å². The highest BCUT2D eigenvalue weighted by Crippen LogP contribution is 2.25. The van der Waals surface area contributed by atoms with Gasteiger partial charge in [0, 0.05) is 5.69 Å². The Morgan fingerprint density at radius 2 is 2.00 bits per heavy atom. The van der Waals surface area contributed by atoms with E-state index in [9.17, 15) is 13.6 Å². The molecule has 0 saturated carbocycles. The van der Waals surface area contributed by atoms with Crippen LogP contribution in [0.2, 0.25) is 0 Å². The normalized spacial score (nSPS) is 11.0. The molecule has 0 aliphatic carbocycles. The van der Waals surface area contributed by atoms with E-state index in [0.717, 1.165) is 18.2 Å². The number of nitrogens with zero attached hydrogens (tertiary/aromatic N) is 1. The standard InChI is InChI=1S/C18H11F2N3O2/c19-11-1-3-14(20)13(7-11)17-22-15-4-2-12(8-16(15)23-17)21-18(24)10-5-6-25-9-10/h1-9H,(H,21,24)(H,22,23). The van der Waals surface area contributed by atoms with Gasteiger partial charge in [0.25, 0.3) is 5.91 Å². The number of nitrogens with one attached hydrogen (secondary N) is 2. The lowest BCUT2D eigenvalue weighted by Gasteiger charge is -2.02. The molecule has 4 aromatic rings. The van der Waals surface area contributed by atoms with Crippen LogP contribution in [0, 0.1) is 11.6 Å². The van der Waals surface area contributed by atoms with Crippen molar-refractivity contribution in [2.75, 3.05) is 5.32 Å². The van der Waals surface area contributed by atoms with Crippen molar-refractivity contribution in [2.45, 2.75) is 0 Å². The summed E-state index contributed by atoms with van der Waals surface area (Å²) in [7, 11) is 0. The Morgan fingerprint density at radius 3 is 2.80 bits per heavy atom. The molecule has 124 valence electrons. The molecule has 5 nitrogen and oxygen atoms in total. The number of benzene rings is 2. The van der Waals surface area contributed by atoms with E-state index in [0.29, 0.717) is 22.3 Å². The van der Waals surface area contributed by atoms with Gasteiger partial charge in [-0.3, -0.25) is 4.79 Å². The van der Waals surface area contributed by atoms with Crippen LogP contribution in [0.25, 0.3) is 22.4 Å². The van der Waals surface area contributed by atoms with E-state index in [1.807, 2.05) is 0 Å². The number of rotatable bonds is 3. The van der Waals surface area contributed by atoms with E-state index < -0.39 is 11.6 Å². The lowest BCUT2D eigenvalue weighted by atomic mass is 10.2. The van der Waals surface area contributed by atoms with Crippen molar-refractivity contribution in [3.05, 3.63) is 72.2 Å².